The fourth-order valence-electron chi connectivity index (χ4n) is 3.10. The normalized spacial score (nSPS) is 17.0. The number of imidazole rings is 1. The minimum Gasteiger partial charge on any atom is -0.328 e. The average Bonchev–Trinajstić information content (AvgIpc) is 3.02. The number of aryl methyl sites for hydroxylation is 2. The maximum absolute atomic E-state index is 5.47. The Hall–Kier alpha value is -1.10. The van der Waals surface area contributed by atoms with Crippen molar-refractivity contribution < 1.29 is 0 Å². The van der Waals surface area contributed by atoms with Crippen molar-refractivity contribution in [3.8, 4) is 0 Å². The van der Waals surface area contributed by atoms with E-state index < -0.39 is 0 Å². The molecule has 5 heteroatoms. The molecule has 1 aliphatic carbocycles. The summed E-state index contributed by atoms with van der Waals surface area (Å²) in [5.41, 5.74) is 3.33. The molecule has 0 spiro atoms. The van der Waals surface area contributed by atoms with Gasteiger partial charge in [-0.05, 0) is 44.8 Å². The van der Waals surface area contributed by atoms with Crippen LogP contribution in [-0.2, 0) is 13.1 Å². The van der Waals surface area contributed by atoms with E-state index in [9.17, 15) is 0 Å². The average molecular weight is 264 g/mol. The number of fused-ring (bicyclic) bond motifs is 1. The van der Waals surface area contributed by atoms with Gasteiger partial charge >= 0.3 is 0 Å². The van der Waals surface area contributed by atoms with Crippen molar-refractivity contribution in [1.82, 2.24) is 19.3 Å². The first kappa shape index (κ1) is 12.0. The SMILES string of the molecule is CCn1nc(C)c2[nH]c(=S)n(CC3CCCC3)c21. The highest BCUT2D eigenvalue weighted by Crippen LogP contribution is 2.28. The number of hydrogen-bond acceptors (Lipinski definition) is 2. The highest BCUT2D eigenvalue weighted by molar-refractivity contribution is 7.71. The van der Waals surface area contributed by atoms with Gasteiger partial charge in [0.25, 0.3) is 0 Å². The zero-order chi connectivity index (χ0) is 12.7. The van der Waals surface area contributed by atoms with E-state index in [0.717, 1.165) is 35.0 Å². The van der Waals surface area contributed by atoms with Gasteiger partial charge in [0, 0.05) is 13.1 Å². The first-order valence-electron chi connectivity index (χ1n) is 6.86. The molecule has 0 saturated heterocycles. The van der Waals surface area contributed by atoms with E-state index in [1.807, 2.05) is 6.92 Å². The maximum Gasteiger partial charge on any atom is 0.179 e. The van der Waals surface area contributed by atoms with Gasteiger partial charge in [0.05, 0.1) is 5.69 Å². The van der Waals surface area contributed by atoms with E-state index in [1.54, 1.807) is 0 Å². The molecule has 0 aromatic carbocycles. The summed E-state index contributed by atoms with van der Waals surface area (Å²) >= 11 is 5.47. The summed E-state index contributed by atoms with van der Waals surface area (Å²) in [6.45, 7) is 6.10. The summed E-state index contributed by atoms with van der Waals surface area (Å²) < 4.78 is 5.16. The predicted octanol–water partition coefficient (Wildman–Crippen LogP) is 3.41. The molecule has 0 radical (unpaired) electrons. The van der Waals surface area contributed by atoms with Crippen LogP contribution in [0.3, 0.4) is 0 Å². The maximum atomic E-state index is 5.47. The topological polar surface area (TPSA) is 38.5 Å². The molecule has 1 N–H and O–H groups in total. The molecule has 1 aliphatic rings. The van der Waals surface area contributed by atoms with Crippen molar-refractivity contribution in [1.29, 1.82) is 0 Å². The van der Waals surface area contributed by atoms with Crippen LogP contribution in [0.4, 0.5) is 0 Å². The van der Waals surface area contributed by atoms with Crippen LogP contribution in [-0.4, -0.2) is 19.3 Å². The fourth-order valence-corrected chi connectivity index (χ4v) is 3.36. The summed E-state index contributed by atoms with van der Waals surface area (Å²) in [4.78, 5) is 3.32. The third kappa shape index (κ3) is 1.81. The van der Waals surface area contributed by atoms with E-state index in [1.165, 1.54) is 31.3 Å². The summed E-state index contributed by atoms with van der Waals surface area (Å²) in [6, 6.07) is 0. The van der Waals surface area contributed by atoms with Crippen LogP contribution in [0.25, 0.3) is 11.2 Å². The van der Waals surface area contributed by atoms with E-state index >= 15 is 0 Å². The number of nitrogens with zero attached hydrogens (tertiary/aromatic N) is 3. The molecule has 0 bridgehead atoms. The van der Waals surface area contributed by atoms with Gasteiger partial charge < -0.3 is 9.55 Å². The molecule has 2 heterocycles. The summed E-state index contributed by atoms with van der Waals surface area (Å²) in [5.74, 6) is 0.788. The molecular formula is C13H20N4S. The van der Waals surface area contributed by atoms with Gasteiger partial charge in [0.2, 0.25) is 0 Å². The number of rotatable bonds is 3. The summed E-state index contributed by atoms with van der Waals surface area (Å²) in [5, 5.41) is 4.56. The lowest BCUT2D eigenvalue weighted by atomic mass is 10.1. The highest BCUT2D eigenvalue weighted by Gasteiger charge is 2.19. The molecule has 2 aromatic heterocycles. The van der Waals surface area contributed by atoms with Crippen molar-refractivity contribution in [3.63, 3.8) is 0 Å². The molecule has 0 atom stereocenters. The second kappa shape index (κ2) is 4.53. The van der Waals surface area contributed by atoms with Crippen molar-refractivity contribution in [2.45, 2.75) is 52.6 Å². The molecule has 4 nitrogen and oxygen atoms in total. The third-order valence-electron chi connectivity index (χ3n) is 4.05. The van der Waals surface area contributed by atoms with Gasteiger partial charge in [-0.2, -0.15) is 5.10 Å². The Morgan fingerprint density at radius 2 is 2.11 bits per heavy atom. The van der Waals surface area contributed by atoms with E-state index in [2.05, 4.69) is 26.3 Å². The fraction of sp³-hybridized carbons (Fsp3) is 0.692. The number of H-pyrrole nitrogens is 1. The number of hydrogen-bond donors (Lipinski definition) is 1. The molecule has 1 fully saturated rings. The second-order valence-corrected chi connectivity index (χ2v) is 5.68. The Labute approximate surface area is 112 Å². The minimum absolute atomic E-state index is 0.788. The van der Waals surface area contributed by atoms with Gasteiger partial charge in [0.1, 0.15) is 5.52 Å². The molecule has 98 valence electrons. The Kier molecular flexibility index (Phi) is 3.01. The molecule has 18 heavy (non-hydrogen) atoms. The molecule has 2 aromatic rings. The summed E-state index contributed by atoms with van der Waals surface area (Å²) in [6.07, 6.45) is 5.43. The number of aromatic amines is 1. The van der Waals surface area contributed by atoms with E-state index in [-0.39, 0.29) is 0 Å². The molecular weight excluding hydrogens is 244 g/mol. The first-order valence-corrected chi connectivity index (χ1v) is 7.27. The third-order valence-corrected chi connectivity index (χ3v) is 4.37. The van der Waals surface area contributed by atoms with Gasteiger partial charge in [-0.3, -0.25) is 0 Å². The Morgan fingerprint density at radius 3 is 2.78 bits per heavy atom. The van der Waals surface area contributed by atoms with Gasteiger partial charge in [-0.15, -0.1) is 0 Å². The van der Waals surface area contributed by atoms with Crippen molar-refractivity contribution in [2.24, 2.45) is 5.92 Å². The molecule has 0 amide bonds. The monoisotopic (exact) mass is 264 g/mol. The zero-order valence-corrected chi connectivity index (χ0v) is 11.9. The molecule has 0 aliphatic heterocycles. The smallest absolute Gasteiger partial charge is 0.179 e. The van der Waals surface area contributed by atoms with Crippen LogP contribution in [0.5, 0.6) is 0 Å². The Morgan fingerprint density at radius 1 is 1.39 bits per heavy atom. The first-order chi connectivity index (χ1) is 8.70. The zero-order valence-electron chi connectivity index (χ0n) is 11.1. The molecule has 3 rings (SSSR count). The lowest BCUT2D eigenvalue weighted by Gasteiger charge is -2.11. The van der Waals surface area contributed by atoms with Gasteiger partial charge in [-0.25, -0.2) is 4.68 Å². The van der Waals surface area contributed by atoms with Crippen LogP contribution in [0.15, 0.2) is 0 Å². The number of aromatic nitrogens is 4. The van der Waals surface area contributed by atoms with Crippen LogP contribution >= 0.6 is 12.2 Å². The summed E-state index contributed by atoms with van der Waals surface area (Å²) in [7, 11) is 0. The Bertz CT molecular complexity index is 613. The van der Waals surface area contributed by atoms with Gasteiger partial charge in [0.15, 0.2) is 10.4 Å². The van der Waals surface area contributed by atoms with Crippen LogP contribution in [0.1, 0.15) is 38.3 Å². The quantitative estimate of drug-likeness (QED) is 0.863. The van der Waals surface area contributed by atoms with Crippen LogP contribution in [0, 0.1) is 17.6 Å². The second-order valence-electron chi connectivity index (χ2n) is 5.29. The van der Waals surface area contributed by atoms with Crippen molar-refractivity contribution in [2.75, 3.05) is 0 Å². The minimum atomic E-state index is 0.788. The molecule has 1 saturated carbocycles. The lowest BCUT2D eigenvalue weighted by molar-refractivity contribution is 0.454. The highest BCUT2D eigenvalue weighted by atomic mass is 32.1. The number of nitrogens with one attached hydrogen (secondary N) is 1. The van der Waals surface area contributed by atoms with Crippen LogP contribution < -0.4 is 0 Å². The van der Waals surface area contributed by atoms with Crippen LogP contribution in [0.2, 0.25) is 0 Å². The predicted molar refractivity (Wildman–Crippen MR) is 75.3 cm³/mol. The largest absolute Gasteiger partial charge is 0.328 e. The standard InChI is InChI=1S/C13H20N4S/c1-3-17-12-11(9(2)15-17)14-13(18)16(12)8-10-6-4-5-7-10/h10H,3-8H2,1-2H3,(H,14,18). The van der Waals surface area contributed by atoms with Crippen molar-refractivity contribution >= 4 is 23.4 Å². The van der Waals surface area contributed by atoms with Crippen molar-refractivity contribution in [3.05, 3.63) is 10.5 Å². The lowest BCUT2D eigenvalue weighted by Crippen LogP contribution is -2.10. The Balaban J connectivity index is 2.08. The van der Waals surface area contributed by atoms with Gasteiger partial charge in [-0.1, -0.05) is 12.8 Å². The molecule has 0 unspecified atom stereocenters. The van der Waals surface area contributed by atoms with E-state index in [0.29, 0.717) is 0 Å². The van der Waals surface area contributed by atoms with E-state index in [4.69, 9.17) is 12.2 Å².